The number of aromatic nitrogens is 1. The van der Waals surface area contributed by atoms with E-state index in [0.29, 0.717) is 6.42 Å². The van der Waals surface area contributed by atoms with Gasteiger partial charge in [-0.2, -0.15) is 0 Å². The molecule has 0 radical (unpaired) electrons. The molecule has 2 atom stereocenters. The Balaban J connectivity index is 0.00000180. The Morgan fingerprint density at radius 1 is 1.32 bits per heavy atom. The minimum atomic E-state index is 0. The first kappa shape index (κ1) is 15.9. The minimum Gasteiger partial charge on any atom is -0.352 e. The number of hydrogen-bond acceptors (Lipinski definition) is 3. The fraction of sp³-hybridized carbons (Fsp3) is 0.571. The Labute approximate surface area is 120 Å². The molecule has 0 aliphatic heterocycles. The maximum absolute atomic E-state index is 11.8. The SMILES string of the molecule is Cl.N[C@@H]1CCCC[C@H]1NC(=O)CCc1ccncc1. The molecular weight excluding hydrogens is 262 g/mol. The van der Waals surface area contributed by atoms with Crippen LogP contribution in [0.25, 0.3) is 0 Å². The fourth-order valence-electron chi connectivity index (χ4n) is 2.43. The standard InChI is InChI=1S/C14H21N3O.ClH/c15-12-3-1-2-4-13(12)17-14(18)6-5-11-7-9-16-10-8-11;/h7-10,12-13H,1-6,15H2,(H,17,18);1H/t12-,13-;/m1./s1. The number of carbonyl (C=O) groups excluding carboxylic acids is 1. The van der Waals surface area contributed by atoms with E-state index in [-0.39, 0.29) is 30.4 Å². The molecule has 3 N–H and O–H groups in total. The lowest BCUT2D eigenvalue weighted by atomic mass is 9.91. The largest absolute Gasteiger partial charge is 0.352 e. The number of hydrogen-bond donors (Lipinski definition) is 2. The van der Waals surface area contributed by atoms with Crippen LogP contribution in [-0.4, -0.2) is 23.0 Å². The molecule has 19 heavy (non-hydrogen) atoms. The van der Waals surface area contributed by atoms with Crippen LogP contribution in [0.15, 0.2) is 24.5 Å². The third-order valence-corrected chi connectivity index (χ3v) is 3.56. The zero-order valence-electron chi connectivity index (χ0n) is 11.0. The average Bonchev–Trinajstić information content (AvgIpc) is 2.40. The van der Waals surface area contributed by atoms with Crippen molar-refractivity contribution in [1.82, 2.24) is 10.3 Å². The molecule has 4 nitrogen and oxygen atoms in total. The van der Waals surface area contributed by atoms with Crippen LogP contribution in [0.1, 0.15) is 37.7 Å². The van der Waals surface area contributed by atoms with Crippen LogP contribution in [0.2, 0.25) is 0 Å². The topological polar surface area (TPSA) is 68.0 Å². The summed E-state index contributed by atoms with van der Waals surface area (Å²) in [6.45, 7) is 0. The van der Waals surface area contributed by atoms with Gasteiger partial charge in [-0.15, -0.1) is 12.4 Å². The molecule has 0 aromatic carbocycles. The number of halogens is 1. The van der Waals surface area contributed by atoms with Gasteiger partial charge in [-0.3, -0.25) is 9.78 Å². The number of amides is 1. The van der Waals surface area contributed by atoms with Crippen molar-refractivity contribution in [2.45, 2.75) is 50.6 Å². The van der Waals surface area contributed by atoms with Gasteiger partial charge in [0.1, 0.15) is 0 Å². The van der Waals surface area contributed by atoms with Crippen LogP contribution < -0.4 is 11.1 Å². The van der Waals surface area contributed by atoms with E-state index in [1.165, 1.54) is 12.8 Å². The Morgan fingerprint density at radius 3 is 2.68 bits per heavy atom. The van der Waals surface area contributed by atoms with Crippen LogP contribution >= 0.6 is 12.4 Å². The lowest BCUT2D eigenvalue weighted by Gasteiger charge is -2.29. The zero-order chi connectivity index (χ0) is 12.8. The van der Waals surface area contributed by atoms with Crippen molar-refractivity contribution in [3.63, 3.8) is 0 Å². The summed E-state index contributed by atoms with van der Waals surface area (Å²) in [5.74, 6) is 0.106. The van der Waals surface area contributed by atoms with Crippen molar-refractivity contribution in [2.24, 2.45) is 5.73 Å². The number of nitrogens with zero attached hydrogens (tertiary/aromatic N) is 1. The summed E-state index contributed by atoms with van der Waals surface area (Å²) >= 11 is 0. The van der Waals surface area contributed by atoms with Gasteiger partial charge in [-0.25, -0.2) is 0 Å². The van der Waals surface area contributed by atoms with Crippen molar-refractivity contribution >= 4 is 18.3 Å². The molecule has 0 saturated heterocycles. The predicted molar refractivity (Wildman–Crippen MR) is 78.2 cm³/mol. The van der Waals surface area contributed by atoms with Gasteiger partial charge in [0.25, 0.3) is 0 Å². The maximum Gasteiger partial charge on any atom is 0.220 e. The molecule has 1 heterocycles. The molecule has 5 heteroatoms. The van der Waals surface area contributed by atoms with E-state index < -0.39 is 0 Å². The predicted octanol–water partition coefficient (Wildman–Crippen LogP) is 1.82. The molecule has 1 saturated carbocycles. The van der Waals surface area contributed by atoms with E-state index in [1.807, 2.05) is 12.1 Å². The number of carbonyl (C=O) groups is 1. The van der Waals surface area contributed by atoms with Gasteiger partial charge in [-0.05, 0) is 37.0 Å². The average molecular weight is 284 g/mol. The van der Waals surface area contributed by atoms with Crippen molar-refractivity contribution in [3.05, 3.63) is 30.1 Å². The van der Waals surface area contributed by atoms with Crippen LogP contribution in [0.4, 0.5) is 0 Å². The monoisotopic (exact) mass is 283 g/mol. The molecule has 2 rings (SSSR count). The zero-order valence-corrected chi connectivity index (χ0v) is 11.9. The summed E-state index contributed by atoms with van der Waals surface area (Å²) in [4.78, 5) is 15.8. The van der Waals surface area contributed by atoms with Gasteiger partial charge >= 0.3 is 0 Å². The van der Waals surface area contributed by atoms with E-state index in [2.05, 4.69) is 10.3 Å². The van der Waals surface area contributed by atoms with Crippen LogP contribution in [0.3, 0.4) is 0 Å². The lowest BCUT2D eigenvalue weighted by molar-refractivity contribution is -0.122. The third-order valence-electron chi connectivity index (χ3n) is 3.56. The summed E-state index contributed by atoms with van der Waals surface area (Å²) < 4.78 is 0. The summed E-state index contributed by atoms with van der Waals surface area (Å²) in [5.41, 5.74) is 7.16. The van der Waals surface area contributed by atoms with Gasteiger partial charge in [0.05, 0.1) is 0 Å². The molecule has 1 aromatic heterocycles. The molecule has 0 bridgehead atoms. The van der Waals surface area contributed by atoms with Crippen molar-refractivity contribution in [2.75, 3.05) is 0 Å². The van der Waals surface area contributed by atoms with Gasteiger partial charge in [0.15, 0.2) is 0 Å². The maximum atomic E-state index is 11.8. The van der Waals surface area contributed by atoms with Gasteiger partial charge in [0, 0.05) is 30.9 Å². The summed E-state index contributed by atoms with van der Waals surface area (Å²) in [5, 5.41) is 3.06. The first-order chi connectivity index (χ1) is 8.75. The second kappa shape index (κ2) is 8.12. The molecule has 0 spiro atoms. The van der Waals surface area contributed by atoms with Gasteiger partial charge in [0.2, 0.25) is 5.91 Å². The van der Waals surface area contributed by atoms with E-state index in [9.17, 15) is 4.79 Å². The summed E-state index contributed by atoms with van der Waals surface area (Å²) in [6, 6.07) is 4.19. The van der Waals surface area contributed by atoms with Crippen molar-refractivity contribution < 1.29 is 4.79 Å². The summed E-state index contributed by atoms with van der Waals surface area (Å²) in [6.07, 6.45) is 9.18. The molecule has 0 unspecified atom stereocenters. The molecular formula is C14H22ClN3O. The molecule has 1 aliphatic carbocycles. The molecule has 1 aromatic rings. The Bertz CT molecular complexity index is 386. The summed E-state index contributed by atoms with van der Waals surface area (Å²) in [7, 11) is 0. The quantitative estimate of drug-likeness (QED) is 0.886. The Kier molecular flexibility index (Phi) is 6.81. The smallest absolute Gasteiger partial charge is 0.220 e. The molecule has 1 aliphatic rings. The highest BCUT2D eigenvalue weighted by molar-refractivity contribution is 5.85. The highest BCUT2D eigenvalue weighted by atomic mass is 35.5. The van der Waals surface area contributed by atoms with Crippen molar-refractivity contribution in [3.8, 4) is 0 Å². The second-order valence-electron chi connectivity index (χ2n) is 4.98. The number of aryl methyl sites for hydroxylation is 1. The molecule has 1 amide bonds. The van der Waals surface area contributed by atoms with Crippen LogP contribution in [0, 0.1) is 0 Å². The first-order valence-electron chi connectivity index (χ1n) is 6.69. The van der Waals surface area contributed by atoms with E-state index in [0.717, 1.165) is 24.8 Å². The van der Waals surface area contributed by atoms with E-state index >= 15 is 0 Å². The van der Waals surface area contributed by atoms with Gasteiger partial charge in [-0.1, -0.05) is 12.8 Å². The van der Waals surface area contributed by atoms with Crippen LogP contribution in [-0.2, 0) is 11.2 Å². The normalized spacial score (nSPS) is 22.4. The van der Waals surface area contributed by atoms with E-state index in [4.69, 9.17) is 5.73 Å². The minimum absolute atomic E-state index is 0. The fourth-order valence-corrected chi connectivity index (χ4v) is 2.43. The number of nitrogens with two attached hydrogens (primary N) is 1. The number of rotatable bonds is 4. The second-order valence-corrected chi connectivity index (χ2v) is 4.98. The number of nitrogens with one attached hydrogen (secondary N) is 1. The highest BCUT2D eigenvalue weighted by Crippen LogP contribution is 2.17. The highest BCUT2D eigenvalue weighted by Gasteiger charge is 2.22. The lowest BCUT2D eigenvalue weighted by Crippen LogP contribution is -2.49. The van der Waals surface area contributed by atoms with Gasteiger partial charge < -0.3 is 11.1 Å². The third kappa shape index (κ3) is 5.17. The van der Waals surface area contributed by atoms with E-state index in [1.54, 1.807) is 12.4 Å². The molecule has 106 valence electrons. The molecule has 1 fully saturated rings. The Hall–Kier alpha value is -1.13. The Morgan fingerprint density at radius 2 is 2.00 bits per heavy atom. The number of pyridine rings is 1. The first-order valence-corrected chi connectivity index (χ1v) is 6.69. The van der Waals surface area contributed by atoms with Crippen LogP contribution in [0.5, 0.6) is 0 Å². The van der Waals surface area contributed by atoms with Crippen molar-refractivity contribution in [1.29, 1.82) is 0 Å².